The van der Waals surface area contributed by atoms with E-state index in [1.807, 2.05) is 6.08 Å². The van der Waals surface area contributed by atoms with Crippen molar-refractivity contribution in [3.05, 3.63) is 12.2 Å². The summed E-state index contributed by atoms with van der Waals surface area (Å²) in [7, 11) is 0. The molecule has 1 atom stereocenters. The fourth-order valence-corrected chi connectivity index (χ4v) is 2.84. The maximum absolute atomic E-state index is 10.5. The van der Waals surface area contributed by atoms with Gasteiger partial charge in [0, 0.05) is 11.8 Å². The van der Waals surface area contributed by atoms with Gasteiger partial charge in [-0.25, -0.2) is 0 Å². The first-order valence-corrected chi connectivity index (χ1v) is 6.13. The van der Waals surface area contributed by atoms with Gasteiger partial charge in [-0.1, -0.05) is 19.4 Å². The van der Waals surface area contributed by atoms with E-state index in [2.05, 4.69) is 6.92 Å². The largest absolute Gasteiger partial charge is 0.349 e. The van der Waals surface area contributed by atoms with Gasteiger partial charge in [0.05, 0.1) is 13.2 Å². The van der Waals surface area contributed by atoms with Crippen LogP contribution in [0.3, 0.4) is 0 Å². The SMILES string of the molecule is C[C@@]1(/C=C/C=O)CCCCC12OCCCO2. The summed E-state index contributed by atoms with van der Waals surface area (Å²) in [6.45, 7) is 3.67. The molecule has 0 aromatic rings. The van der Waals surface area contributed by atoms with Crippen molar-refractivity contribution in [2.24, 2.45) is 5.41 Å². The zero-order valence-electron chi connectivity index (χ0n) is 9.91. The molecule has 1 spiro atoms. The van der Waals surface area contributed by atoms with E-state index in [9.17, 15) is 4.79 Å². The summed E-state index contributed by atoms with van der Waals surface area (Å²) >= 11 is 0. The number of carbonyl (C=O) groups excluding carboxylic acids is 1. The van der Waals surface area contributed by atoms with E-state index >= 15 is 0 Å². The highest BCUT2D eigenvalue weighted by Crippen LogP contribution is 2.49. The van der Waals surface area contributed by atoms with Crippen molar-refractivity contribution in [3.63, 3.8) is 0 Å². The van der Waals surface area contributed by atoms with E-state index < -0.39 is 5.79 Å². The Labute approximate surface area is 96.8 Å². The highest BCUT2D eigenvalue weighted by molar-refractivity contribution is 5.64. The molecule has 1 saturated heterocycles. The number of allylic oxidation sites excluding steroid dienone is 1. The van der Waals surface area contributed by atoms with Crippen LogP contribution in [0.25, 0.3) is 0 Å². The van der Waals surface area contributed by atoms with E-state index in [0.717, 1.165) is 45.2 Å². The molecule has 0 N–H and O–H groups in total. The van der Waals surface area contributed by atoms with Gasteiger partial charge in [0.1, 0.15) is 6.29 Å². The predicted octanol–water partition coefficient (Wildman–Crippen LogP) is 2.46. The summed E-state index contributed by atoms with van der Waals surface area (Å²) in [6, 6.07) is 0. The first-order valence-electron chi connectivity index (χ1n) is 6.13. The maximum Gasteiger partial charge on any atom is 0.177 e. The molecule has 0 unspecified atom stereocenters. The van der Waals surface area contributed by atoms with Crippen molar-refractivity contribution in [1.82, 2.24) is 0 Å². The summed E-state index contributed by atoms with van der Waals surface area (Å²) < 4.78 is 11.9. The van der Waals surface area contributed by atoms with Crippen molar-refractivity contribution in [2.75, 3.05) is 13.2 Å². The maximum atomic E-state index is 10.5. The van der Waals surface area contributed by atoms with Crippen LogP contribution in [0, 0.1) is 5.41 Å². The van der Waals surface area contributed by atoms with E-state index in [0.29, 0.717) is 0 Å². The Morgan fingerprint density at radius 3 is 2.44 bits per heavy atom. The molecular formula is C13H20O3. The van der Waals surface area contributed by atoms with E-state index in [1.54, 1.807) is 6.08 Å². The predicted molar refractivity (Wildman–Crippen MR) is 61.0 cm³/mol. The zero-order chi connectivity index (χ0) is 11.5. The Morgan fingerprint density at radius 2 is 1.75 bits per heavy atom. The molecule has 0 bridgehead atoms. The molecule has 2 fully saturated rings. The van der Waals surface area contributed by atoms with E-state index in [4.69, 9.17) is 9.47 Å². The second-order valence-electron chi connectivity index (χ2n) is 4.92. The molecule has 1 heterocycles. The molecule has 2 aliphatic rings. The zero-order valence-corrected chi connectivity index (χ0v) is 9.91. The monoisotopic (exact) mass is 224 g/mol. The molecule has 1 aliphatic carbocycles. The standard InChI is InChI=1S/C13H20O3/c1-12(7-4-9-14)6-2-3-8-13(12)15-10-5-11-16-13/h4,7,9H,2-3,5-6,8,10-11H2,1H3/b7-4+/t12-/m0/s1. The molecule has 0 aromatic heterocycles. The van der Waals surface area contributed by atoms with Crippen LogP contribution in [0.5, 0.6) is 0 Å². The number of carbonyl (C=O) groups is 1. The molecule has 1 saturated carbocycles. The second kappa shape index (κ2) is 4.68. The lowest BCUT2D eigenvalue weighted by Gasteiger charge is -2.51. The van der Waals surface area contributed by atoms with Crippen LogP contribution in [0.1, 0.15) is 39.0 Å². The normalized spacial score (nSPS) is 34.3. The molecule has 3 nitrogen and oxygen atoms in total. The van der Waals surface area contributed by atoms with Gasteiger partial charge in [-0.2, -0.15) is 0 Å². The smallest absolute Gasteiger partial charge is 0.177 e. The summed E-state index contributed by atoms with van der Waals surface area (Å²) in [5.74, 6) is -0.483. The number of hydrogen-bond acceptors (Lipinski definition) is 3. The lowest BCUT2D eigenvalue weighted by molar-refractivity contribution is -0.322. The van der Waals surface area contributed by atoms with E-state index in [-0.39, 0.29) is 5.41 Å². The summed E-state index contributed by atoms with van der Waals surface area (Å²) in [5.41, 5.74) is -0.160. The van der Waals surface area contributed by atoms with Gasteiger partial charge < -0.3 is 9.47 Å². The Bertz CT molecular complexity index is 271. The molecule has 0 amide bonds. The number of hydrogen-bond donors (Lipinski definition) is 0. The minimum absolute atomic E-state index is 0.160. The lowest BCUT2D eigenvalue weighted by atomic mass is 9.70. The average Bonchev–Trinajstić information content (AvgIpc) is 2.32. The van der Waals surface area contributed by atoms with Gasteiger partial charge in [-0.15, -0.1) is 0 Å². The Morgan fingerprint density at radius 1 is 1.06 bits per heavy atom. The molecule has 1 aliphatic heterocycles. The summed E-state index contributed by atoms with van der Waals surface area (Å²) in [6.07, 6.45) is 9.62. The molecular weight excluding hydrogens is 204 g/mol. The van der Waals surface area contributed by atoms with Gasteiger partial charge in [0.2, 0.25) is 0 Å². The van der Waals surface area contributed by atoms with Crippen LogP contribution in [0.15, 0.2) is 12.2 Å². The first-order chi connectivity index (χ1) is 7.72. The summed E-state index contributed by atoms with van der Waals surface area (Å²) in [5, 5.41) is 0. The molecule has 16 heavy (non-hydrogen) atoms. The number of aldehydes is 1. The van der Waals surface area contributed by atoms with Crippen LogP contribution in [0.4, 0.5) is 0 Å². The van der Waals surface area contributed by atoms with Crippen molar-refractivity contribution in [2.45, 2.75) is 44.8 Å². The Hall–Kier alpha value is -0.670. The second-order valence-corrected chi connectivity index (χ2v) is 4.92. The van der Waals surface area contributed by atoms with Gasteiger partial charge in [-0.3, -0.25) is 4.79 Å². The summed E-state index contributed by atoms with van der Waals surface area (Å²) in [4.78, 5) is 10.5. The van der Waals surface area contributed by atoms with Crippen molar-refractivity contribution in [3.8, 4) is 0 Å². The van der Waals surface area contributed by atoms with Gasteiger partial charge in [0.25, 0.3) is 0 Å². The third kappa shape index (κ3) is 1.94. The minimum atomic E-state index is -0.483. The van der Waals surface area contributed by atoms with Crippen LogP contribution in [-0.2, 0) is 14.3 Å². The Balaban J connectivity index is 2.23. The van der Waals surface area contributed by atoms with Crippen molar-refractivity contribution < 1.29 is 14.3 Å². The molecule has 2 rings (SSSR count). The number of rotatable bonds is 2. The van der Waals surface area contributed by atoms with Crippen LogP contribution in [-0.4, -0.2) is 25.3 Å². The number of ether oxygens (including phenoxy) is 2. The fourth-order valence-electron chi connectivity index (χ4n) is 2.84. The fraction of sp³-hybridized carbons (Fsp3) is 0.769. The topological polar surface area (TPSA) is 35.5 Å². The van der Waals surface area contributed by atoms with Crippen LogP contribution >= 0.6 is 0 Å². The molecule has 0 aromatic carbocycles. The first kappa shape index (κ1) is 11.8. The van der Waals surface area contributed by atoms with Crippen LogP contribution in [0.2, 0.25) is 0 Å². The molecule has 3 heteroatoms. The molecule has 90 valence electrons. The lowest BCUT2D eigenvalue weighted by Crippen LogP contribution is -2.54. The van der Waals surface area contributed by atoms with Gasteiger partial charge in [-0.05, 0) is 25.3 Å². The highest BCUT2D eigenvalue weighted by Gasteiger charge is 2.51. The third-order valence-electron chi connectivity index (χ3n) is 3.82. The van der Waals surface area contributed by atoms with E-state index in [1.165, 1.54) is 6.42 Å². The van der Waals surface area contributed by atoms with Crippen LogP contribution < -0.4 is 0 Å². The molecule has 0 radical (unpaired) electrons. The van der Waals surface area contributed by atoms with Crippen molar-refractivity contribution >= 4 is 6.29 Å². The Kier molecular flexibility index (Phi) is 3.45. The average molecular weight is 224 g/mol. The quantitative estimate of drug-likeness (QED) is 0.534. The highest BCUT2D eigenvalue weighted by atomic mass is 16.7. The van der Waals surface area contributed by atoms with Gasteiger partial charge in [0.15, 0.2) is 5.79 Å². The third-order valence-corrected chi connectivity index (χ3v) is 3.82. The van der Waals surface area contributed by atoms with Gasteiger partial charge >= 0.3 is 0 Å². The minimum Gasteiger partial charge on any atom is -0.349 e. The van der Waals surface area contributed by atoms with Crippen molar-refractivity contribution in [1.29, 1.82) is 0 Å².